The SMILES string of the molecule is CCC(NC(=O)N[C@@H](CC(=O)O)C(=O)O)c1ccccc1. The minimum atomic E-state index is -1.46. The molecule has 1 aromatic carbocycles. The van der Waals surface area contributed by atoms with Gasteiger partial charge in [0, 0.05) is 0 Å². The zero-order valence-corrected chi connectivity index (χ0v) is 11.6. The van der Waals surface area contributed by atoms with Crippen molar-refractivity contribution in [3.8, 4) is 0 Å². The predicted molar refractivity (Wildman–Crippen MR) is 74.8 cm³/mol. The molecule has 7 nitrogen and oxygen atoms in total. The van der Waals surface area contributed by atoms with E-state index in [1.165, 1.54) is 0 Å². The maximum Gasteiger partial charge on any atom is 0.326 e. The number of carbonyl (C=O) groups excluding carboxylic acids is 1. The molecule has 0 fully saturated rings. The van der Waals surface area contributed by atoms with Crippen molar-refractivity contribution in [2.75, 3.05) is 0 Å². The summed E-state index contributed by atoms with van der Waals surface area (Å²) < 4.78 is 0. The minimum Gasteiger partial charge on any atom is -0.481 e. The number of carboxylic acid groups (broad SMARTS) is 2. The van der Waals surface area contributed by atoms with Gasteiger partial charge in [-0.3, -0.25) is 4.79 Å². The van der Waals surface area contributed by atoms with Crippen LogP contribution in [0.3, 0.4) is 0 Å². The van der Waals surface area contributed by atoms with Gasteiger partial charge in [-0.1, -0.05) is 37.3 Å². The van der Waals surface area contributed by atoms with E-state index in [0.717, 1.165) is 5.56 Å². The van der Waals surface area contributed by atoms with Crippen LogP contribution < -0.4 is 10.6 Å². The summed E-state index contributed by atoms with van der Waals surface area (Å²) in [5.74, 6) is -2.68. The van der Waals surface area contributed by atoms with Crippen LogP contribution in [-0.2, 0) is 9.59 Å². The van der Waals surface area contributed by atoms with E-state index < -0.39 is 30.4 Å². The first-order chi connectivity index (χ1) is 9.93. The van der Waals surface area contributed by atoms with Gasteiger partial charge in [-0.25, -0.2) is 9.59 Å². The van der Waals surface area contributed by atoms with Crippen LogP contribution in [0.15, 0.2) is 30.3 Å². The van der Waals surface area contributed by atoms with Gasteiger partial charge in [-0.2, -0.15) is 0 Å². The van der Waals surface area contributed by atoms with Gasteiger partial charge >= 0.3 is 18.0 Å². The van der Waals surface area contributed by atoms with Crippen LogP contribution in [0, 0.1) is 0 Å². The molecule has 4 N–H and O–H groups in total. The molecule has 1 rings (SSSR count). The monoisotopic (exact) mass is 294 g/mol. The molecule has 0 aromatic heterocycles. The van der Waals surface area contributed by atoms with Crippen LogP contribution in [0.5, 0.6) is 0 Å². The normalized spacial score (nSPS) is 13.0. The molecule has 7 heteroatoms. The van der Waals surface area contributed by atoms with E-state index in [0.29, 0.717) is 6.42 Å². The number of aliphatic carboxylic acids is 2. The summed E-state index contributed by atoms with van der Waals surface area (Å²) in [6.45, 7) is 1.88. The molecule has 0 saturated heterocycles. The van der Waals surface area contributed by atoms with E-state index in [-0.39, 0.29) is 6.04 Å². The quantitative estimate of drug-likeness (QED) is 0.606. The fourth-order valence-electron chi connectivity index (χ4n) is 1.84. The van der Waals surface area contributed by atoms with Crippen molar-refractivity contribution in [2.45, 2.75) is 31.8 Å². The third-order valence-corrected chi connectivity index (χ3v) is 2.90. The topological polar surface area (TPSA) is 116 Å². The number of hydrogen-bond acceptors (Lipinski definition) is 3. The first kappa shape index (κ1) is 16.5. The Balaban J connectivity index is 2.66. The number of benzene rings is 1. The van der Waals surface area contributed by atoms with Gasteiger partial charge in [0.25, 0.3) is 0 Å². The maximum atomic E-state index is 11.8. The Labute approximate surface area is 122 Å². The number of rotatable bonds is 7. The van der Waals surface area contributed by atoms with Gasteiger partial charge in [0.2, 0.25) is 0 Å². The van der Waals surface area contributed by atoms with Crippen molar-refractivity contribution < 1.29 is 24.6 Å². The fourth-order valence-corrected chi connectivity index (χ4v) is 1.84. The van der Waals surface area contributed by atoms with Crippen LogP contribution >= 0.6 is 0 Å². The molecule has 0 spiro atoms. The van der Waals surface area contributed by atoms with Gasteiger partial charge < -0.3 is 20.8 Å². The smallest absolute Gasteiger partial charge is 0.326 e. The lowest BCUT2D eigenvalue weighted by atomic mass is 10.1. The summed E-state index contributed by atoms with van der Waals surface area (Å²) in [4.78, 5) is 33.3. The fraction of sp³-hybridized carbons (Fsp3) is 0.357. The number of carbonyl (C=O) groups is 3. The zero-order valence-electron chi connectivity index (χ0n) is 11.6. The van der Waals surface area contributed by atoms with Gasteiger partial charge in [0.1, 0.15) is 6.04 Å². The lowest BCUT2D eigenvalue weighted by Gasteiger charge is -2.19. The Kier molecular flexibility index (Phi) is 6.19. The summed E-state index contributed by atoms with van der Waals surface area (Å²) >= 11 is 0. The Bertz CT molecular complexity index is 503. The van der Waals surface area contributed by atoms with Gasteiger partial charge in [-0.15, -0.1) is 0 Å². The summed E-state index contributed by atoms with van der Waals surface area (Å²) in [7, 11) is 0. The lowest BCUT2D eigenvalue weighted by molar-refractivity contribution is -0.145. The maximum absolute atomic E-state index is 11.8. The lowest BCUT2D eigenvalue weighted by Crippen LogP contribution is -2.47. The molecule has 0 aliphatic rings. The standard InChI is InChI=1S/C14H18N2O5/c1-2-10(9-6-4-3-5-7-9)15-14(21)16-11(13(19)20)8-12(17)18/h3-7,10-11H,2,8H2,1H3,(H,17,18)(H,19,20)(H2,15,16,21)/t10?,11-/m0/s1. The largest absolute Gasteiger partial charge is 0.481 e. The second-order valence-electron chi connectivity index (χ2n) is 4.48. The van der Waals surface area contributed by atoms with Gasteiger partial charge in [-0.05, 0) is 12.0 Å². The molecular formula is C14H18N2O5. The summed E-state index contributed by atoms with van der Waals surface area (Å²) in [5.41, 5.74) is 0.889. The van der Waals surface area contributed by atoms with Gasteiger partial charge in [0.05, 0.1) is 12.5 Å². The minimum absolute atomic E-state index is 0.273. The summed E-state index contributed by atoms with van der Waals surface area (Å²) in [6.07, 6.45) is -0.0566. The van der Waals surface area contributed by atoms with Crippen LogP contribution in [0.1, 0.15) is 31.4 Å². The molecule has 21 heavy (non-hydrogen) atoms. The van der Waals surface area contributed by atoms with Gasteiger partial charge in [0.15, 0.2) is 0 Å². The highest BCUT2D eigenvalue weighted by Crippen LogP contribution is 2.15. The van der Waals surface area contributed by atoms with Crippen molar-refractivity contribution >= 4 is 18.0 Å². The number of urea groups is 1. The molecule has 114 valence electrons. The molecule has 0 aliphatic heterocycles. The molecule has 0 radical (unpaired) electrons. The van der Waals surface area contributed by atoms with E-state index in [1.54, 1.807) is 0 Å². The second-order valence-corrected chi connectivity index (χ2v) is 4.48. The molecule has 0 heterocycles. The van der Waals surface area contributed by atoms with Crippen LogP contribution in [0.4, 0.5) is 4.79 Å². The molecule has 0 bridgehead atoms. The van der Waals surface area contributed by atoms with Crippen LogP contribution in [0.2, 0.25) is 0 Å². The van der Waals surface area contributed by atoms with Crippen LogP contribution in [-0.4, -0.2) is 34.2 Å². The third-order valence-electron chi connectivity index (χ3n) is 2.90. The average molecular weight is 294 g/mol. The summed E-state index contributed by atoms with van der Waals surface area (Å²) in [6, 6.07) is 6.77. The Morgan fingerprint density at radius 1 is 1.10 bits per heavy atom. The average Bonchev–Trinajstić information content (AvgIpc) is 2.44. The molecule has 1 unspecified atom stereocenters. The molecule has 0 saturated carbocycles. The number of carboxylic acids is 2. The Hall–Kier alpha value is -2.57. The number of hydrogen-bond donors (Lipinski definition) is 4. The molecule has 2 amide bonds. The zero-order chi connectivity index (χ0) is 15.8. The van der Waals surface area contributed by atoms with E-state index in [4.69, 9.17) is 10.2 Å². The Morgan fingerprint density at radius 3 is 2.19 bits per heavy atom. The van der Waals surface area contributed by atoms with Crippen molar-refractivity contribution in [3.63, 3.8) is 0 Å². The highest BCUT2D eigenvalue weighted by Gasteiger charge is 2.24. The first-order valence-corrected chi connectivity index (χ1v) is 6.50. The molecule has 1 aromatic rings. The number of nitrogens with one attached hydrogen (secondary N) is 2. The predicted octanol–water partition coefficient (Wildman–Crippen LogP) is 1.36. The summed E-state index contributed by atoms with van der Waals surface area (Å²) in [5, 5.41) is 22.3. The van der Waals surface area contributed by atoms with Crippen molar-refractivity contribution in [1.82, 2.24) is 10.6 Å². The van der Waals surface area contributed by atoms with Crippen molar-refractivity contribution in [3.05, 3.63) is 35.9 Å². The second kappa shape index (κ2) is 7.88. The molecule has 2 atom stereocenters. The number of amides is 2. The van der Waals surface area contributed by atoms with E-state index >= 15 is 0 Å². The first-order valence-electron chi connectivity index (χ1n) is 6.50. The molecular weight excluding hydrogens is 276 g/mol. The third kappa shape index (κ3) is 5.52. The highest BCUT2D eigenvalue weighted by atomic mass is 16.4. The van der Waals surface area contributed by atoms with Crippen LogP contribution in [0.25, 0.3) is 0 Å². The molecule has 0 aliphatic carbocycles. The van der Waals surface area contributed by atoms with E-state index in [1.807, 2.05) is 37.3 Å². The van der Waals surface area contributed by atoms with Crippen molar-refractivity contribution in [1.29, 1.82) is 0 Å². The van der Waals surface area contributed by atoms with E-state index in [2.05, 4.69) is 10.6 Å². The van der Waals surface area contributed by atoms with Crippen molar-refractivity contribution in [2.24, 2.45) is 0 Å². The highest BCUT2D eigenvalue weighted by molar-refractivity contribution is 5.86. The van der Waals surface area contributed by atoms with E-state index in [9.17, 15) is 14.4 Å². The Morgan fingerprint density at radius 2 is 1.71 bits per heavy atom.